The molecule has 0 N–H and O–H groups in total. The van der Waals surface area contributed by atoms with E-state index in [2.05, 4.69) is 28.1 Å². The van der Waals surface area contributed by atoms with Gasteiger partial charge in [0.2, 0.25) is 11.8 Å². The van der Waals surface area contributed by atoms with Crippen LogP contribution in [0.25, 0.3) is 0 Å². The normalized spacial score (nSPS) is 27.1. The largest absolute Gasteiger partial charge is 0.465 e. The quantitative estimate of drug-likeness (QED) is 0.305. The predicted octanol–water partition coefficient (Wildman–Crippen LogP) is 4.38. The summed E-state index contributed by atoms with van der Waals surface area (Å²) in [4.78, 5) is 41.0. The Morgan fingerprint density at radius 2 is 1.53 bits per heavy atom. The van der Waals surface area contributed by atoms with Crippen LogP contribution in [0.15, 0.2) is 72.8 Å². The Morgan fingerprint density at radius 3 is 2.16 bits per heavy atom. The minimum Gasteiger partial charge on any atom is -0.465 e. The zero-order valence-corrected chi connectivity index (χ0v) is 18.7. The van der Waals surface area contributed by atoms with Crippen LogP contribution in [-0.4, -0.2) is 24.9 Å². The van der Waals surface area contributed by atoms with Crippen molar-refractivity contribution in [3.8, 4) is 0 Å². The van der Waals surface area contributed by atoms with Crippen molar-refractivity contribution in [2.24, 2.45) is 11.8 Å². The molecular formula is C26H18BrNO4. The van der Waals surface area contributed by atoms with Crippen LogP contribution < -0.4 is 4.90 Å². The molecule has 7 rings (SSSR count). The van der Waals surface area contributed by atoms with Crippen molar-refractivity contribution in [3.63, 3.8) is 0 Å². The number of alkyl halides is 1. The molecule has 2 amide bonds. The van der Waals surface area contributed by atoms with Gasteiger partial charge in [0.1, 0.15) is 0 Å². The van der Waals surface area contributed by atoms with Gasteiger partial charge in [-0.1, -0.05) is 70.5 Å². The van der Waals surface area contributed by atoms with Gasteiger partial charge in [0, 0.05) is 5.92 Å². The van der Waals surface area contributed by atoms with Gasteiger partial charge in [0.15, 0.2) is 0 Å². The first kappa shape index (κ1) is 19.4. The second-order valence-corrected chi connectivity index (χ2v) is 9.67. The second-order valence-electron chi connectivity index (χ2n) is 8.42. The molecule has 0 unspecified atom stereocenters. The molecule has 3 aromatic rings. The van der Waals surface area contributed by atoms with Crippen LogP contribution in [-0.2, 0) is 18.7 Å². The molecule has 0 saturated carbocycles. The Balaban J connectivity index is 1.56. The average Bonchev–Trinajstić information content (AvgIpc) is 3.10. The molecule has 1 aliphatic heterocycles. The molecule has 5 nitrogen and oxygen atoms in total. The van der Waals surface area contributed by atoms with Gasteiger partial charge >= 0.3 is 5.97 Å². The van der Waals surface area contributed by atoms with Crippen molar-refractivity contribution in [1.82, 2.24) is 0 Å². The number of methoxy groups -OCH3 is 1. The van der Waals surface area contributed by atoms with Gasteiger partial charge in [-0.15, -0.1) is 0 Å². The summed E-state index contributed by atoms with van der Waals surface area (Å²) in [7, 11) is 1.30. The van der Waals surface area contributed by atoms with Crippen molar-refractivity contribution < 1.29 is 19.1 Å². The van der Waals surface area contributed by atoms with E-state index in [1.165, 1.54) is 12.0 Å². The van der Waals surface area contributed by atoms with E-state index in [0.717, 1.165) is 22.3 Å². The highest BCUT2D eigenvalue weighted by Gasteiger charge is 2.67. The molecule has 32 heavy (non-hydrogen) atoms. The molecule has 1 fully saturated rings. The molecule has 0 radical (unpaired) electrons. The molecule has 3 aromatic carbocycles. The lowest BCUT2D eigenvalue weighted by atomic mass is 9.55. The summed E-state index contributed by atoms with van der Waals surface area (Å²) in [6, 6.07) is 22.6. The second kappa shape index (κ2) is 6.62. The molecule has 1 heterocycles. The van der Waals surface area contributed by atoms with E-state index in [-0.39, 0.29) is 17.7 Å². The number of ether oxygens (including phenoxy) is 1. The fourth-order valence-electron chi connectivity index (χ4n) is 5.82. The van der Waals surface area contributed by atoms with Gasteiger partial charge in [0.25, 0.3) is 0 Å². The number of nitrogens with zero attached hydrogens (tertiary/aromatic N) is 1. The molecule has 4 aliphatic rings. The summed E-state index contributed by atoms with van der Waals surface area (Å²) < 4.78 is 4.02. The van der Waals surface area contributed by atoms with Gasteiger partial charge in [-0.2, -0.15) is 0 Å². The monoisotopic (exact) mass is 487 g/mol. The maximum absolute atomic E-state index is 13.9. The SMILES string of the molecule is COC(=O)c1cccc(N2C(=O)[C@@H]3[C@@H](C2=O)C2c4ccccc4C3(Br)c3ccccc32)c1. The molecular weight excluding hydrogens is 470 g/mol. The van der Waals surface area contributed by atoms with Gasteiger partial charge < -0.3 is 4.74 Å². The van der Waals surface area contributed by atoms with Crippen LogP contribution in [0.3, 0.4) is 0 Å². The standard InChI is InChI=1S/C26H18BrNO4/c1-32-25(31)14-7-6-8-15(13-14)28-23(29)21-20-16-9-2-4-11-18(16)26(27,22(21)24(28)30)19-12-5-3-10-17(19)20/h2-13,20-22H,1H3/t20?,21-,22-,26?/m0/s1. The maximum atomic E-state index is 13.9. The summed E-state index contributed by atoms with van der Waals surface area (Å²) in [6.45, 7) is 0. The number of rotatable bonds is 2. The zero-order chi connectivity index (χ0) is 22.2. The van der Waals surface area contributed by atoms with Crippen molar-refractivity contribution in [2.45, 2.75) is 10.2 Å². The lowest BCUT2D eigenvalue weighted by Crippen LogP contribution is -2.50. The number of benzene rings is 3. The van der Waals surface area contributed by atoms with E-state index in [9.17, 15) is 14.4 Å². The van der Waals surface area contributed by atoms with Crippen LogP contribution in [0.1, 0.15) is 38.5 Å². The van der Waals surface area contributed by atoms with Crippen LogP contribution in [0.4, 0.5) is 5.69 Å². The molecule has 158 valence electrons. The third-order valence-electron chi connectivity index (χ3n) is 7.04. The third-order valence-corrected chi connectivity index (χ3v) is 8.39. The summed E-state index contributed by atoms with van der Waals surface area (Å²) in [5.41, 5.74) is 4.92. The Kier molecular flexibility index (Phi) is 4.02. The Bertz CT molecular complexity index is 1290. The maximum Gasteiger partial charge on any atom is 0.337 e. The van der Waals surface area contributed by atoms with E-state index < -0.39 is 22.1 Å². The fourth-order valence-corrected chi connectivity index (χ4v) is 7.03. The van der Waals surface area contributed by atoms with Gasteiger partial charge in [-0.05, 0) is 40.5 Å². The van der Waals surface area contributed by atoms with Gasteiger partial charge in [-0.25, -0.2) is 9.69 Å². The number of amides is 2. The number of carbonyl (C=O) groups excluding carboxylic acids is 3. The van der Waals surface area contributed by atoms with Crippen molar-refractivity contribution >= 4 is 39.4 Å². The highest BCUT2D eigenvalue weighted by atomic mass is 79.9. The molecule has 2 atom stereocenters. The van der Waals surface area contributed by atoms with Crippen molar-refractivity contribution in [3.05, 3.63) is 101 Å². The summed E-state index contributed by atoms with van der Waals surface area (Å²) >= 11 is 3.98. The van der Waals surface area contributed by atoms with Crippen molar-refractivity contribution in [1.29, 1.82) is 0 Å². The number of halogens is 1. The first-order valence-electron chi connectivity index (χ1n) is 10.4. The highest BCUT2D eigenvalue weighted by Crippen LogP contribution is 2.66. The Hall–Kier alpha value is -3.25. The molecule has 2 bridgehead atoms. The van der Waals surface area contributed by atoms with Crippen LogP contribution >= 0.6 is 15.9 Å². The van der Waals surface area contributed by atoms with E-state index in [1.807, 2.05) is 36.4 Å². The van der Waals surface area contributed by atoms with Gasteiger partial charge in [0.05, 0.1) is 34.5 Å². The smallest absolute Gasteiger partial charge is 0.337 e. The fraction of sp³-hybridized carbons (Fsp3) is 0.192. The molecule has 6 heteroatoms. The molecule has 3 aliphatic carbocycles. The lowest BCUT2D eigenvalue weighted by molar-refractivity contribution is -0.122. The number of hydrogen-bond acceptors (Lipinski definition) is 4. The van der Waals surface area contributed by atoms with Crippen LogP contribution in [0.5, 0.6) is 0 Å². The minimum absolute atomic E-state index is 0.197. The summed E-state index contributed by atoms with van der Waals surface area (Å²) in [6.07, 6.45) is 0. The molecule has 1 saturated heterocycles. The number of carbonyl (C=O) groups is 3. The predicted molar refractivity (Wildman–Crippen MR) is 122 cm³/mol. The van der Waals surface area contributed by atoms with E-state index in [4.69, 9.17) is 4.74 Å². The first-order valence-corrected chi connectivity index (χ1v) is 11.2. The number of esters is 1. The summed E-state index contributed by atoms with van der Waals surface area (Å²) in [5, 5.41) is 0. The van der Waals surface area contributed by atoms with Gasteiger partial charge in [-0.3, -0.25) is 9.59 Å². The third kappa shape index (κ3) is 2.25. The summed E-state index contributed by atoms with van der Waals surface area (Å²) in [5.74, 6) is -2.30. The van der Waals surface area contributed by atoms with E-state index in [0.29, 0.717) is 11.3 Å². The number of anilines is 1. The molecule has 0 aromatic heterocycles. The minimum atomic E-state index is -0.791. The van der Waals surface area contributed by atoms with E-state index in [1.54, 1.807) is 24.3 Å². The number of hydrogen-bond donors (Lipinski definition) is 0. The van der Waals surface area contributed by atoms with Crippen molar-refractivity contribution in [2.75, 3.05) is 12.0 Å². The highest BCUT2D eigenvalue weighted by molar-refractivity contribution is 9.09. The average molecular weight is 488 g/mol. The van der Waals surface area contributed by atoms with Crippen LogP contribution in [0.2, 0.25) is 0 Å². The Morgan fingerprint density at radius 1 is 0.906 bits per heavy atom. The Labute approximate surface area is 193 Å². The number of imide groups is 1. The lowest BCUT2D eigenvalue weighted by Gasteiger charge is -2.51. The van der Waals surface area contributed by atoms with Crippen LogP contribution in [0, 0.1) is 11.8 Å². The van der Waals surface area contributed by atoms with E-state index >= 15 is 0 Å². The topological polar surface area (TPSA) is 63.7 Å². The zero-order valence-electron chi connectivity index (χ0n) is 17.1. The first-order chi connectivity index (χ1) is 15.5. The molecule has 0 spiro atoms.